The number of likely N-dealkylation sites (tertiary alicyclic amines) is 1. The summed E-state index contributed by atoms with van der Waals surface area (Å²) in [6.45, 7) is 0.591. The summed E-state index contributed by atoms with van der Waals surface area (Å²) in [5.41, 5.74) is 0.412. The molecule has 2 N–H and O–H groups in total. The van der Waals surface area contributed by atoms with Gasteiger partial charge >= 0.3 is 12.0 Å². The first kappa shape index (κ1) is 18.2. The van der Waals surface area contributed by atoms with Gasteiger partial charge in [-0.25, -0.2) is 9.69 Å². The van der Waals surface area contributed by atoms with Gasteiger partial charge in [-0.1, -0.05) is 11.6 Å². The quantitative estimate of drug-likeness (QED) is 0.753. The Labute approximate surface area is 154 Å². The van der Waals surface area contributed by atoms with Crippen molar-refractivity contribution < 1.29 is 24.3 Å². The van der Waals surface area contributed by atoms with Crippen molar-refractivity contribution in [3.05, 3.63) is 29.3 Å². The average Bonchev–Trinajstić information content (AvgIpc) is 3.20. The summed E-state index contributed by atoms with van der Waals surface area (Å²) in [6.07, 6.45) is 0.670. The van der Waals surface area contributed by atoms with Crippen molar-refractivity contribution in [1.29, 1.82) is 0 Å². The number of halogens is 1. The number of anilines is 1. The third-order valence-electron chi connectivity index (χ3n) is 4.64. The lowest BCUT2D eigenvalue weighted by molar-refractivity contribution is -0.141. The molecule has 26 heavy (non-hydrogen) atoms. The summed E-state index contributed by atoms with van der Waals surface area (Å²) in [6, 6.07) is 5.00. The Kier molecular flexibility index (Phi) is 5.13. The van der Waals surface area contributed by atoms with Crippen LogP contribution in [0.3, 0.4) is 0 Å². The first-order valence-electron chi connectivity index (χ1n) is 8.27. The van der Waals surface area contributed by atoms with Gasteiger partial charge in [-0.3, -0.25) is 14.4 Å². The minimum atomic E-state index is -0.905. The molecule has 4 amide bonds. The number of imide groups is 1. The summed E-state index contributed by atoms with van der Waals surface area (Å²) in [5.74, 6) is -2.07. The highest BCUT2D eigenvalue weighted by Crippen LogP contribution is 2.24. The third-order valence-corrected chi connectivity index (χ3v) is 4.89. The number of benzene rings is 1. The zero-order valence-corrected chi connectivity index (χ0v) is 14.6. The molecule has 2 unspecified atom stereocenters. The van der Waals surface area contributed by atoms with Gasteiger partial charge in [0.1, 0.15) is 6.04 Å². The van der Waals surface area contributed by atoms with E-state index in [0.717, 1.165) is 4.90 Å². The van der Waals surface area contributed by atoms with Crippen molar-refractivity contribution in [3.8, 4) is 0 Å². The van der Waals surface area contributed by atoms with Crippen LogP contribution in [0.4, 0.5) is 10.5 Å². The maximum absolute atomic E-state index is 12.5. The lowest BCUT2D eigenvalue weighted by Gasteiger charge is -2.17. The molecular weight excluding hydrogens is 362 g/mol. The fourth-order valence-electron chi connectivity index (χ4n) is 3.18. The highest BCUT2D eigenvalue weighted by atomic mass is 35.5. The largest absolute Gasteiger partial charge is 0.481 e. The fourth-order valence-corrected chi connectivity index (χ4v) is 3.30. The van der Waals surface area contributed by atoms with E-state index in [-0.39, 0.29) is 25.3 Å². The first-order valence-corrected chi connectivity index (χ1v) is 8.65. The van der Waals surface area contributed by atoms with E-state index in [9.17, 15) is 19.2 Å². The molecule has 138 valence electrons. The molecule has 0 saturated carbocycles. The zero-order chi connectivity index (χ0) is 18.8. The molecule has 1 aromatic carbocycles. The number of hydrogen-bond acceptors (Lipinski definition) is 4. The number of hydrogen-bond donors (Lipinski definition) is 2. The number of carboxylic acids is 1. The number of carboxylic acid groups (broad SMARTS) is 1. The molecule has 2 fully saturated rings. The Morgan fingerprint density at radius 1 is 1.23 bits per heavy atom. The third kappa shape index (κ3) is 3.65. The highest BCUT2D eigenvalue weighted by Gasteiger charge is 2.39. The molecule has 0 radical (unpaired) electrons. The van der Waals surface area contributed by atoms with Crippen LogP contribution in [0.25, 0.3) is 0 Å². The molecule has 8 nitrogen and oxygen atoms in total. The van der Waals surface area contributed by atoms with Gasteiger partial charge in [-0.15, -0.1) is 0 Å². The van der Waals surface area contributed by atoms with Crippen molar-refractivity contribution in [2.45, 2.75) is 25.3 Å². The first-order chi connectivity index (χ1) is 12.4. The number of rotatable bonds is 5. The SMILES string of the molecule is O=C(O)C1CCN(C(=O)CCC2NC(=O)N(c3ccc(Cl)cc3)C2=O)C1. The van der Waals surface area contributed by atoms with Gasteiger partial charge in [0.2, 0.25) is 5.91 Å². The van der Waals surface area contributed by atoms with Crippen molar-refractivity contribution in [1.82, 2.24) is 10.2 Å². The van der Waals surface area contributed by atoms with E-state index in [2.05, 4.69) is 5.32 Å². The van der Waals surface area contributed by atoms with Crippen LogP contribution < -0.4 is 10.2 Å². The van der Waals surface area contributed by atoms with Gasteiger partial charge in [0, 0.05) is 24.5 Å². The monoisotopic (exact) mass is 379 g/mol. The Hall–Kier alpha value is -2.61. The number of urea groups is 1. The number of aliphatic carboxylic acids is 1. The molecule has 1 aromatic rings. The van der Waals surface area contributed by atoms with Crippen molar-refractivity contribution in [2.75, 3.05) is 18.0 Å². The maximum atomic E-state index is 12.5. The second kappa shape index (κ2) is 7.33. The van der Waals surface area contributed by atoms with Gasteiger partial charge in [-0.2, -0.15) is 0 Å². The van der Waals surface area contributed by atoms with E-state index in [1.807, 2.05) is 0 Å². The Bertz CT molecular complexity index is 751. The summed E-state index contributed by atoms with van der Waals surface area (Å²) in [7, 11) is 0. The lowest BCUT2D eigenvalue weighted by Crippen LogP contribution is -2.34. The molecule has 3 rings (SSSR count). The number of carbonyl (C=O) groups is 4. The molecular formula is C17H18ClN3O5. The second-order valence-corrected chi connectivity index (χ2v) is 6.79. The van der Waals surface area contributed by atoms with Crippen LogP contribution in [0.15, 0.2) is 24.3 Å². The van der Waals surface area contributed by atoms with Crippen molar-refractivity contribution >= 4 is 41.1 Å². The van der Waals surface area contributed by atoms with E-state index in [1.54, 1.807) is 24.3 Å². The second-order valence-electron chi connectivity index (χ2n) is 6.35. The predicted octanol–water partition coefficient (Wildman–Crippen LogP) is 1.48. The fraction of sp³-hybridized carbons (Fsp3) is 0.412. The van der Waals surface area contributed by atoms with Gasteiger partial charge in [0.25, 0.3) is 5.91 Å². The molecule has 0 bridgehead atoms. The van der Waals surface area contributed by atoms with Crippen LogP contribution in [0, 0.1) is 5.92 Å². The number of nitrogens with zero attached hydrogens (tertiary/aromatic N) is 2. The van der Waals surface area contributed by atoms with E-state index < -0.39 is 29.9 Å². The van der Waals surface area contributed by atoms with Crippen molar-refractivity contribution in [2.24, 2.45) is 5.92 Å². The molecule has 0 aliphatic carbocycles. The lowest BCUT2D eigenvalue weighted by atomic mass is 10.1. The zero-order valence-electron chi connectivity index (χ0n) is 13.9. The van der Waals surface area contributed by atoms with Crippen LogP contribution in [0.2, 0.25) is 5.02 Å². The average molecular weight is 380 g/mol. The van der Waals surface area contributed by atoms with Gasteiger partial charge in [-0.05, 0) is 37.1 Å². The van der Waals surface area contributed by atoms with E-state index in [1.165, 1.54) is 4.90 Å². The minimum Gasteiger partial charge on any atom is -0.481 e. The topological polar surface area (TPSA) is 107 Å². The van der Waals surface area contributed by atoms with E-state index >= 15 is 0 Å². The van der Waals surface area contributed by atoms with Gasteiger partial charge < -0.3 is 15.3 Å². The van der Waals surface area contributed by atoms with E-state index in [4.69, 9.17) is 16.7 Å². The summed E-state index contributed by atoms with van der Waals surface area (Å²) in [4.78, 5) is 50.3. The minimum absolute atomic E-state index is 0.0669. The van der Waals surface area contributed by atoms with Crippen LogP contribution >= 0.6 is 11.6 Å². The standard InChI is InChI=1S/C17H18ClN3O5/c18-11-1-3-12(4-2-11)21-15(23)13(19-17(21)26)5-6-14(22)20-8-7-10(9-20)16(24)25/h1-4,10,13H,5-9H2,(H,19,26)(H,24,25). The summed E-state index contributed by atoms with van der Waals surface area (Å²) in [5, 5.41) is 12.1. The van der Waals surface area contributed by atoms with Crippen LogP contribution in [-0.4, -0.2) is 53.0 Å². The number of carbonyl (C=O) groups excluding carboxylic acids is 3. The molecule has 0 aromatic heterocycles. The van der Waals surface area contributed by atoms with Gasteiger partial charge in [0.05, 0.1) is 11.6 Å². The molecule has 2 heterocycles. The Balaban J connectivity index is 1.57. The summed E-state index contributed by atoms with van der Waals surface area (Å²) < 4.78 is 0. The molecule has 2 aliphatic rings. The predicted molar refractivity (Wildman–Crippen MR) is 92.8 cm³/mol. The normalized spacial score (nSPS) is 22.7. The molecule has 2 saturated heterocycles. The number of nitrogens with one attached hydrogen (secondary N) is 1. The summed E-state index contributed by atoms with van der Waals surface area (Å²) >= 11 is 5.81. The van der Waals surface area contributed by atoms with Crippen LogP contribution in [0.5, 0.6) is 0 Å². The Morgan fingerprint density at radius 2 is 1.92 bits per heavy atom. The van der Waals surface area contributed by atoms with Crippen LogP contribution in [0.1, 0.15) is 19.3 Å². The molecule has 0 spiro atoms. The van der Waals surface area contributed by atoms with Crippen LogP contribution in [-0.2, 0) is 14.4 Å². The number of amides is 4. The molecule has 2 atom stereocenters. The highest BCUT2D eigenvalue weighted by molar-refractivity contribution is 6.30. The molecule has 9 heteroatoms. The Morgan fingerprint density at radius 3 is 2.54 bits per heavy atom. The van der Waals surface area contributed by atoms with E-state index in [0.29, 0.717) is 23.7 Å². The maximum Gasteiger partial charge on any atom is 0.329 e. The van der Waals surface area contributed by atoms with Gasteiger partial charge in [0.15, 0.2) is 0 Å². The molecule has 2 aliphatic heterocycles. The van der Waals surface area contributed by atoms with Crippen molar-refractivity contribution in [3.63, 3.8) is 0 Å². The smallest absolute Gasteiger partial charge is 0.329 e.